The van der Waals surface area contributed by atoms with E-state index in [-0.39, 0.29) is 17.6 Å². The van der Waals surface area contributed by atoms with E-state index < -0.39 is 0 Å². The third kappa shape index (κ3) is 3.05. The second kappa shape index (κ2) is 7.17. The van der Waals surface area contributed by atoms with Gasteiger partial charge in [0.1, 0.15) is 11.3 Å². The van der Waals surface area contributed by atoms with Gasteiger partial charge in [0.05, 0.1) is 10.6 Å². The van der Waals surface area contributed by atoms with Crippen molar-refractivity contribution in [1.29, 1.82) is 0 Å². The Labute approximate surface area is 167 Å². The number of carbonyl (C=O) groups is 1. The van der Waals surface area contributed by atoms with Gasteiger partial charge in [-0.05, 0) is 49.4 Å². The number of nitrogens with zero attached hydrogens (tertiary/aromatic N) is 3. The summed E-state index contributed by atoms with van der Waals surface area (Å²) in [5.74, 6) is -0.115. The first-order valence-electron chi connectivity index (χ1n) is 9.90. The molecule has 0 saturated carbocycles. The summed E-state index contributed by atoms with van der Waals surface area (Å²) in [4.78, 5) is 22.0. The molecular weight excluding hydrogens is 373 g/mol. The molecule has 144 valence electrons. The molecule has 2 aliphatic rings. The normalized spacial score (nSPS) is 19.7. The summed E-state index contributed by atoms with van der Waals surface area (Å²) in [6.07, 6.45) is 3.89. The van der Waals surface area contributed by atoms with E-state index in [1.54, 1.807) is 6.07 Å². The van der Waals surface area contributed by atoms with Crippen LogP contribution in [0.25, 0.3) is 10.2 Å². The zero-order valence-corrected chi connectivity index (χ0v) is 16.4. The van der Waals surface area contributed by atoms with Crippen molar-refractivity contribution < 1.29 is 9.18 Å². The topological polar surface area (TPSA) is 36.4 Å². The number of piperidine rings is 1. The maximum absolute atomic E-state index is 14.0. The number of aromatic nitrogens is 1. The number of amides is 1. The number of thiazole rings is 1. The predicted octanol–water partition coefficient (Wildman–Crippen LogP) is 4.63. The van der Waals surface area contributed by atoms with Crippen molar-refractivity contribution in [2.24, 2.45) is 5.92 Å². The molecule has 2 aromatic carbocycles. The van der Waals surface area contributed by atoms with Gasteiger partial charge in [0.15, 0.2) is 5.13 Å². The van der Waals surface area contributed by atoms with Gasteiger partial charge in [-0.2, -0.15) is 0 Å². The first kappa shape index (κ1) is 17.6. The lowest BCUT2D eigenvalue weighted by molar-refractivity contribution is -0.122. The number of rotatable bonds is 2. The SMILES string of the molecule is O=C(C1CCCN(c2nc3c(F)cccc3s2)C1)N1CCCc2ccccc21. The van der Waals surface area contributed by atoms with Crippen molar-refractivity contribution in [3.63, 3.8) is 0 Å². The van der Waals surface area contributed by atoms with Crippen molar-refractivity contribution >= 4 is 38.3 Å². The summed E-state index contributed by atoms with van der Waals surface area (Å²) in [5, 5.41) is 0.816. The summed E-state index contributed by atoms with van der Waals surface area (Å²) in [6, 6.07) is 13.3. The van der Waals surface area contributed by atoms with Crippen molar-refractivity contribution in [1.82, 2.24) is 4.98 Å². The summed E-state index contributed by atoms with van der Waals surface area (Å²) >= 11 is 1.51. The molecule has 0 radical (unpaired) electrons. The number of carbonyl (C=O) groups excluding carboxylic acids is 1. The van der Waals surface area contributed by atoms with Crippen LogP contribution >= 0.6 is 11.3 Å². The fourth-order valence-electron chi connectivity index (χ4n) is 4.37. The van der Waals surface area contributed by atoms with Crippen molar-refractivity contribution in [2.75, 3.05) is 29.4 Å². The quantitative estimate of drug-likeness (QED) is 0.635. The van der Waals surface area contributed by atoms with Crippen LogP contribution in [0.5, 0.6) is 0 Å². The van der Waals surface area contributed by atoms with Crippen LogP contribution in [0.4, 0.5) is 15.2 Å². The summed E-state index contributed by atoms with van der Waals surface area (Å²) < 4.78 is 14.9. The number of halogens is 1. The van der Waals surface area contributed by atoms with E-state index >= 15 is 0 Å². The number of hydrogen-bond acceptors (Lipinski definition) is 4. The Balaban J connectivity index is 1.38. The van der Waals surface area contributed by atoms with E-state index in [4.69, 9.17) is 0 Å². The van der Waals surface area contributed by atoms with Crippen molar-refractivity contribution in [3.05, 3.63) is 53.8 Å². The Morgan fingerprint density at radius 3 is 2.89 bits per heavy atom. The van der Waals surface area contributed by atoms with E-state index in [2.05, 4.69) is 22.0 Å². The molecule has 3 aromatic rings. The highest BCUT2D eigenvalue weighted by atomic mass is 32.1. The first-order chi connectivity index (χ1) is 13.7. The lowest BCUT2D eigenvalue weighted by atomic mass is 9.94. The maximum atomic E-state index is 14.0. The zero-order chi connectivity index (χ0) is 19.1. The molecule has 1 amide bonds. The van der Waals surface area contributed by atoms with Gasteiger partial charge in [-0.3, -0.25) is 4.79 Å². The molecule has 0 aliphatic carbocycles. The minimum absolute atomic E-state index is 0.0447. The number of benzene rings is 2. The van der Waals surface area contributed by atoms with Gasteiger partial charge in [-0.1, -0.05) is 35.6 Å². The zero-order valence-electron chi connectivity index (χ0n) is 15.6. The number of fused-ring (bicyclic) bond motifs is 2. The molecule has 1 fully saturated rings. The molecule has 28 heavy (non-hydrogen) atoms. The largest absolute Gasteiger partial charge is 0.347 e. The Kier molecular flexibility index (Phi) is 4.51. The average Bonchev–Trinajstić information content (AvgIpc) is 3.19. The predicted molar refractivity (Wildman–Crippen MR) is 112 cm³/mol. The van der Waals surface area contributed by atoms with Crippen LogP contribution in [0.15, 0.2) is 42.5 Å². The first-order valence-corrected chi connectivity index (χ1v) is 10.7. The average molecular weight is 396 g/mol. The van der Waals surface area contributed by atoms with Crippen LogP contribution in [-0.2, 0) is 11.2 Å². The van der Waals surface area contributed by atoms with Crippen LogP contribution in [0.1, 0.15) is 24.8 Å². The minimum atomic E-state index is -0.283. The van der Waals surface area contributed by atoms with E-state index in [1.807, 2.05) is 23.1 Å². The Morgan fingerprint density at radius 1 is 1.11 bits per heavy atom. The molecule has 4 nitrogen and oxygen atoms in total. The molecule has 6 heteroatoms. The van der Waals surface area contributed by atoms with Crippen LogP contribution in [0.3, 0.4) is 0 Å². The molecule has 5 rings (SSSR count). The number of aryl methyl sites for hydroxylation is 1. The second-order valence-corrected chi connectivity index (χ2v) is 8.60. The van der Waals surface area contributed by atoms with Crippen LogP contribution < -0.4 is 9.80 Å². The number of hydrogen-bond donors (Lipinski definition) is 0. The Bertz CT molecular complexity index is 1030. The molecule has 1 saturated heterocycles. The lowest BCUT2D eigenvalue weighted by Gasteiger charge is -2.37. The third-order valence-electron chi connectivity index (χ3n) is 5.78. The maximum Gasteiger partial charge on any atom is 0.231 e. The Hall–Kier alpha value is -2.47. The highest BCUT2D eigenvalue weighted by Gasteiger charge is 2.32. The van der Waals surface area contributed by atoms with Gasteiger partial charge in [0.2, 0.25) is 5.91 Å². The third-order valence-corrected chi connectivity index (χ3v) is 6.86. The van der Waals surface area contributed by atoms with Gasteiger partial charge < -0.3 is 9.80 Å². The van der Waals surface area contributed by atoms with Gasteiger partial charge >= 0.3 is 0 Å². The van der Waals surface area contributed by atoms with Crippen LogP contribution in [0, 0.1) is 11.7 Å². The minimum Gasteiger partial charge on any atom is -0.347 e. The molecule has 0 spiro atoms. The molecular formula is C22H22FN3OS. The molecule has 0 N–H and O–H groups in total. The highest BCUT2D eigenvalue weighted by molar-refractivity contribution is 7.22. The summed E-state index contributed by atoms with van der Waals surface area (Å²) in [6.45, 7) is 2.31. The fourth-order valence-corrected chi connectivity index (χ4v) is 5.39. The molecule has 0 bridgehead atoms. The smallest absolute Gasteiger partial charge is 0.231 e. The second-order valence-electron chi connectivity index (χ2n) is 7.59. The molecule has 1 unspecified atom stereocenters. The van der Waals surface area contributed by atoms with Crippen molar-refractivity contribution in [3.8, 4) is 0 Å². The van der Waals surface area contributed by atoms with Gasteiger partial charge in [-0.15, -0.1) is 0 Å². The fraction of sp³-hybridized carbons (Fsp3) is 0.364. The Morgan fingerprint density at radius 2 is 2.00 bits per heavy atom. The van der Waals surface area contributed by atoms with E-state index in [0.29, 0.717) is 12.1 Å². The molecule has 3 heterocycles. The van der Waals surface area contributed by atoms with Gasteiger partial charge in [-0.25, -0.2) is 9.37 Å². The van der Waals surface area contributed by atoms with Crippen LogP contribution in [-0.4, -0.2) is 30.5 Å². The summed E-state index contributed by atoms with van der Waals surface area (Å²) in [5.41, 5.74) is 2.76. The summed E-state index contributed by atoms with van der Waals surface area (Å²) in [7, 11) is 0. The molecule has 1 aromatic heterocycles. The van der Waals surface area contributed by atoms with Gasteiger partial charge in [0, 0.05) is 25.3 Å². The highest BCUT2D eigenvalue weighted by Crippen LogP contribution is 2.34. The molecule has 2 aliphatic heterocycles. The van der Waals surface area contributed by atoms with E-state index in [9.17, 15) is 9.18 Å². The lowest BCUT2D eigenvalue weighted by Crippen LogP contribution is -2.46. The van der Waals surface area contributed by atoms with E-state index in [0.717, 1.165) is 54.3 Å². The molecule has 1 atom stereocenters. The number of anilines is 2. The van der Waals surface area contributed by atoms with Gasteiger partial charge in [0.25, 0.3) is 0 Å². The van der Waals surface area contributed by atoms with Crippen LogP contribution in [0.2, 0.25) is 0 Å². The standard InChI is InChI=1S/C22H22FN3OS/c23-17-9-3-11-19-20(17)24-22(28-19)25-12-4-8-16(14-25)21(27)26-13-5-7-15-6-1-2-10-18(15)26/h1-3,6,9-11,16H,4-5,7-8,12-14H2. The van der Waals surface area contributed by atoms with Crippen molar-refractivity contribution in [2.45, 2.75) is 25.7 Å². The van der Waals surface area contributed by atoms with E-state index in [1.165, 1.54) is 23.0 Å². The number of para-hydroxylation sites is 2. The monoisotopic (exact) mass is 395 g/mol.